The molecule has 0 bridgehead atoms. The van der Waals surface area contributed by atoms with E-state index in [0.29, 0.717) is 0 Å². The maximum atomic E-state index is 12.0. The first-order chi connectivity index (χ1) is 9.45. The van der Waals surface area contributed by atoms with E-state index in [1.807, 2.05) is 0 Å². The number of rotatable bonds is 6. The Morgan fingerprint density at radius 1 is 1.55 bits per heavy atom. The van der Waals surface area contributed by atoms with Crippen molar-refractivity contribution in [3.05, 3.63) is 12.0 Å². The molecule has 2 N–H and O–H groups in total. The van der Waals surface area contributed by atoms with Gasteiger partial charge in [-0.15, -0.1) is 5.11 Å². The van der Waals surface area contributed by atoms with Crippen molar-refractivity contribution in [1.29, 1.82) is 0 Å². The van der Waals surface area contributed by atoms with Crippen molar-refractivity contribution >= 4 is 17.7 Å². The number of esters is 1. The zero-order valence-electron chi connectivity index (χ0n) is 11.9. The number of carbonyl (C=O) groups excluding carboxylic acids is 2. The molecule has 1 amide bonds. The van der Waals surface area contributed by atoms with Crippen molar-refractivity contribution in [2.24, 2.45) is 10.3 Å². The minimum Gasteiger partial charge on any atom is -0.464 e. The number of nitrogens with one attached hydrogen (secondary N) is 2. The Balaban J connectivity index is 2.73. The number of H-pyrrole nitrogens is 1. The van der Waals surface area contributed by atoms with Crippen molar-refractivity contribution in [2.45, 2.75) is 19.9 Å². The van der Waals surface area contributed by atoms with Gasteiger partial charge in [-0.05, 0) is 13.8 Å². The van der Waals surface area contributed by atoms with Gasteiger partial charge in [0, 0.05) is 14.1 Å². The molecule has 0 aromatic carbocycles. The number of amides is 1. The van der Waals surface area contributed by atoms with Gasteiger partial charge in [-0.1, -0.05) is 5.22 Å². The summed E-state index contributed by atoms with van der Waals surface area (Å²) in [5.74, 6) is -0.861. The summed E-state index contributed by atoms with van der Waals surface area (Å²) in [6.07, 6.45) is 1.33. The van der Waals surface area contributed by atoms with E-state index in [9.17, 15) is 9.59 Å². The van der Waals surface area contributed by atoms with Gasteiger partial charge in [0.2, 0.25) is 5.82 Å². The van der Waals surface area contributed by atoms with Crippen LogP contribution in [-0.4, -0.2) is 53.6 Å². The lowest BCUT2D eigenvalue weighted by Crippen LogP contribution is -2.39. The normalized spacial score (nSPS) is 12.2. The third-order valence-corrected chi connectivity index (χ3v) is 2.15. The molecule has 0 saturated heterocycles. The smallest absolute Gasteiger partial charge is 0.328 e. The lowest BCUT2D eigenvalue weighted by Gasteiger charge is -2.11. The number of hydrogen-bond donors (Lipinski definition) is 2. The summed E-state index contributed by atoms with van der Waals surface area (Å²) in [4.78, 5) is 30.0. The SMILES string of the molecule is CCOC(=O)C(C)NC(=O)c1[nH]cnc1/N=N/N(C)C. The fraction of sp³-hybridized carbons (Fsp3) is 0.545. The minimum absolute atomic E-state index is 0.131. The monoisotopic (exact) mass is 282 g/mol. The summed E-state index contributed by atoms with van der Waals surface area (Å²) in [6.45, 7) is 3.49. The summed E-state index contributed by atoms with van der Waals surface area (Å²) < 4.78 is 4.80. The molecular formula is C11H18N6O3. The molecule has 0 radical (unpaired) electrons. The highest BCUT2D eigenvalue weighted by molar-refractivity contribution is 5.98. The highest BCUT2D eigenvalue weighted by atomic mass is 16.5. The van der Waals surface area contributed by atoms with Gasteiger partial charge in [0.1, 0.15) is 6.04 Å². The molecule has 110 valence electrons. The van der Waals surface area contributed by atoms with Crippen LogP contribution in [0.15, 0.2) is 16.7 Å². The summed E-state index contributed by atoms with van der Waals surface area (Å²) in [5.41, 5.74) is 0.131. The second kappa shape index (κ2) is 7.22. The molecule has 0 aliphatic rings. The van der Waals surface area contributed by atoms with E-state index in [4.69, 9.17) is 4.74 Å². The van der Waals surface area contributed by atoms with Gasteiger partial charge < -0.3 is 15.0 Å². The van der Waals surface area contributed by atoms with E-state index < -0.39 is 17.9 Å². The van der Waals surface area contributed by atoms with Gasteiger partial charge >= 0.3 is 5.97 Å². The highest BCUT2D eigenvalue weighted by Crippen LogP contribution is 2.14. The number of aromatic amines is 1. The highest BCUT2D eigenvalue weighted by Gasteiger charge is 2.21. The van der Waals surface area contributed by atoms with Crippen LogP contribution in [0.1, 0.15) is 24.3 Å². The number of nitrogens with zero attached hydrogens (tertiary/aromatic N) is 4. The van der Waals surface area contributed by atoms with E-state index in [-0.39, 0.29) is 18.1 Å². The van der Waals surface area contributed by atoms with E-state index in [0.717, 1.165) is 0 Å². The van der Waals surface area contributed by atoms with Crippen LogP contribution < -0.4 is 5.32 Å². The first-order valence-corrected chi connectivity index (χ1v) is 6.05. The Labute approximate surface area is 116 Å². The Bertz CT molecular complexity index is 496. The molecule has 1 heterocycles. The van der Waals surface area contributed by atoms with Gasteiger partial charge in [-0.2, -0.15) is 0 Å². The van der Waals surface area contributed by atoms with Crippen molar-refractivity contribution in [2.75, 3.05) is 20.7 Å². The van der Waals surface area contributed by atoms with Crippen LogP contribution >= 0.6 is 0 Å². The Hall–Kier alpha value is -2.45. The molecule has 0 aliphatic carbocycles. The number of carbonyl (C=O) groups is 2. The van der Waals surface area contributed by atoms with Crippen LogP contribution in [0.5, 0.6) is 0 Å². The molecule has 1 atom stereocenters. The van der Waals surface area contributed by atoms with Crippen LogP contribution in [0.25, 0.3) is 0 Å². The molecule has 20 heavy (non-hydrogen) atoms. The maximum Gasteiger partial charge on any atom is 0.328 e. The van der Waals surface area contributed by atoms with Crippen molar-refractivity contribution in [3.63, 3.8) is 0 Å². The van der Waals surface area contributed by atoms with Gasteiger partial charge in [0.05, 0.1) is 12.9 Å². The second-order valence-corrected chi connectivity index (χ2v) is 4.08. The van der Waals surface area contributed by atoms with Crippen LogP contribution in [0, 0.1) is 0 Å². The zero-order valence-corrected chi connectivity index (χ0v) is 11.9. The quantitative estimate of drug-likeness (QED) is 0.452. The van der Waals surface area contributed by atoms with Gasteiger partial charge in [-0.25, -0.2) is 9.78 Å². The molecule has 9 nitrogen and oxygen atoms in total. The van der Waals surface area contributed by atoms with E-state index in [1.165, 1.54) is 18.3 Å². The third-order valence-electron chi connectivity index (χ3n) is 2.15. The topological polar surface area (TPSA) is 112 Å². The second-order valence-electron chi connectivity index (χ2n) is 4.08. The predicted octanol–water partition coefficient (Wildman–Crippen LogP) is 0.651. The Morgan fingerprint density at radius 2 is 2.25 bits per heavy atom. The first kappa shape index (κ1) is 15.6. The van der Waals surface area contributed by atoms with Crippen LogP contribution in [0.2, 0.25) is 0 Å². The molecule has 9 heteroatoms. The summed E-state index contributed by atoms with van der Waals surface area (Å²) >= 11 is 0. The molecule has 0 fully saturated rings. The number of hydrogen-bond acceptors (Lipinski definition) is 6. The first-order valence-electron chi connectivity index (χ1n) is 6.05. The lowest BCUT2D eigenvalue weighted by molar-refractivity contribution is -0.144. The lowest BCUT2D eigenvalue weighted by atomic mass is 10.3. The predicted molar refractivity (Wildman–Crippen MR) is 70.4 cm³/mol. The van der Waals surface area contributed by atoms with Gasteiger partial charge in [0.25, 0.3) is 5.91 Å². The molecule has 1 aromatic rings. The standard InChI is InChI=1S/C11H18N6O3/c1-5-20-11(19)7(2)14-10(18)8-9(13-6-12-8)15-16-17(3)4/h6-7H,5H2,1-4H3,(H,12,13)(H,14,18)/b16-15+. The molecule has 1 rings (SSSR count). The van der Waals surface area contributed by atoms with Crippen molar-refractivity contribution in [1.82, 2.24) is 20.3 Å². The minimum atomic E-state index is -0.760. The van der Waals surface area contributed by atoms with E-state index >= 15 is 0 Å². The van der Waals surface area contributed by atoms with Crippen LogP contribution in [0.3, 0.4) is 0 Å². The average Bonchev–Trinajstić information content (AvgIpc) is 2.84. The fourth-order valence-corrected chi connectivity index (χ4v) is 1.26. The fourth-order valence-electron chi connectivity index (χ4n) is 1.26. The number of imidazole rings is 1. The zero-order chi connectivity index (χ0) is 15.1. The Morgan fingerprint density at radius 3 is 2.85 bits per heavy atom. The van der Waals surface area contributed by atoms with E-state index in [1.54, 1.807) is 21.0 Å². The van der Waals surface area contributed by atoms with Gasteiger partial charge in [0.15, 0.2) is 5.69 Å². The summed E-state index contributed by atoms with van der Waals surface area (Å²) in [7, 11) is 3.39. The Kier molecular flexibility index (Phi) is 5.63. The number of aromatic nitrogens is 2. The molecule has 1 unspecified atom stereocenters. The molecule has 1 aromatic heterocycles. The van der Waals surface area contributed by atoms with Crippen molar-refractivity contribution < 1.29 is 14.3 Å². The summed E-state index contributed by atoms with van der Waals surface area (Å²) in [6, 6.07) is -0.760. The maximum absolute atomic E-state index is 12.0. The van der Waals surface area contributed by atoms with Crippen molar-refractivity contribution in [3.8, 4) is 0 Å². The number of ether oxygens (including phenoxy) is 1. The third kappa shape index (κ3) is 4.34. The van der Waals surface area contributed by atoms with Gasteiger partial charge in [-0.3, -0.25) is 9.80 Å². The van der Waals surface area contributed by atoms with Crippen LogP contribution in [0.4, 0.5) is 5.82 Å². The van der Waals surface area contributed by atoms with E-state index in [2.05, 4.69) is 25.6 Å². The average molecular weight is 282 g/mol. The molecule has 0 saturated carbocycles. The largest absolute Gasteiger partial charge is 0.464 e. The molecular weight excluding hydrogens is 264 g/mol. The molecule has 0 spiro atoms. The van der Waals surface area contributed by atoms with Crippen LogP contribution in [-0.2, 0) is 9.53 Å². The summed E-state index contributed by atoms with van der Waals surface area (Å²) in [5, 5.41) is 11.5. The molecule has 0 aliphatic heterocycles.